The van der Waals surface area contributed by atoms with Crippen LogP contribution in [0, 0.1) is 10.1 Å². The molecule has 0 saturated heterocycles. The molecule has 5 aromatic rings. The molecule has 0 aliphatic rings. The number of aryl methyl sites for hydroxylation is 1. The van der Waals surface area contributed by atoms with Crippen molar-refractivity contribution >= 4 is 5.97 Å². The van der Waals surface area contributed by atoms with Gasteiger partial charge in [-0.15, -0.1) is 20.3 Å². The van der Waals surface area contributed by atoms with Gasteiger partial charge in [-0.1, -0.05) is 79.7 Å². The van der Waals surface area contributed by atoms with E-state index in [0.29, 0.717) is 35.7 Å². The van der Waals surface area contributed by atoms with E-state index in [9.17, 15) is 20.0 Å². The topological polar surface area (TPSA) is 171 Å². The summed E-state index contributed by atoms with van der Waals surface area (Å²) < 4.78 is 7.53. The molecule has 0 amide bonds. The van der Waals surface area contributed by atoms with Crippen LogP contribution in [0.5, 0.6) is 0 Å². The minimum Gasteiger partial charge on any atom is -0.456 e. The van der Waals surface area contributed by atoms with Crippen LogP contribution in [0.2, 0.25) is 0 Å². The van der Waals surface area contributed by atoms with Gasteiger partial charge >= 0.3 is 5.97 Å². The molecule has 0 unspecified atom stereocenters. The highest BCUT2D eigenvalue weighted by Gasteiger charge is 2.32. The van der Waals surface area contributed by atoms with Crippen LogP contribution < -0.4 is 0 Å². The number of aromatic amines is 1. The number of esters is 1. The number of hydrogen-bond donors (Lipinski definition) is 2. The Kier molecular flexibility index (Phi) is 9.28. The second kappa shape index (κ2) is 13.5. The highest BCUT2D eigenvalue weighted by Crippen LogP contribution is 2.31. The van der Waals surface area contributed by atoms with E-state index in [4.69, 9.17) is 9.72 Å². The van der Waals surface area contributed by atoms with E-state index < -0.39 is 16.7 Å². The highest BCUT2D eigenvalue weighted by atomic mass is 16.9. The van der Waals surface area contributed by atoms with Crippen molar-refractivity contribution in [3.05, 3.63) is 117 Å². The Morgan fingerprint density at radius 2 is 1.67 bits per heavy atom. The van der Waals surface area contributed by atoms with Crippen LogP contribution in [-0.2, 0) is 41.4 Å². The normalized spacial score (nSPS) is 11.4. The number of hydrogen-bond acceptors (Lipinski definition) is 10. The van der Waals surface area contributed by atoms with Gasteiger partial charge in [-0.2, -0.15) is 5.21 Å². The molecule has 45 heavy (non-hydrogen) atoms. The van der Waals surface area contributed by atoms with E-state index in [1.54, 1.807) is 42.7 Å². The maximum atomic E-state index is 13.7. The second-order valence-corrected chi connectivity index (χ2v) is 10.9. The summed E-state index contributed by atoms with van der Waals surface area (Å²) in [7, 11) is 0. The molecule has 232 valence electrons. The second-order valence-electron chi connectivity index (χ2n) is 10.9. The van der Waals surface area contributed by atoms with Gasteiger partial charge < -0.3 is 19.2 Å². The van der Waals surface area contributed by atoms with Crippen LogP contribution in [0.3, 0.4) is 0 Å². The summed E-state index contributed by atoms with van der Waals surface area (Å²) in [4.78, 5) is 33.7. The molecule has 13 heteroatoms. The number of benzene rings is 3. The van der Waals surface area contributed by atoms with E-state index in [2.05, 4.69) is 25.5 Å². The number of ether oxygens (including phenoxy) is 1. The van der Waals surface area contributed by atoms with Gasteiger partial charge in [-0.3, -0.25) is 0 Å². The predicted octanol–water partition coefficient (Wildman–Crippen LogP) is 5.02. The number of carbonyl (C=O) groups is 1. The van der Waals surface area contributed by atoms with Crippen LogP contribution in [-0.4, -0.2) is 46.3 Å². The molecule has 0 radical (unpaired) electrons. The van der Waals surface area contributed by atoms with Crippen molar-refractivity contribution in [1.82, 2.24) is 30.2 Å². The molecule has 3 aromatic carbocycles. The molecule has 0 fully saturated rings. The lowest BCUT2D eigenvalue weighted by molar-refractivity contribution is -0.763. The van der Waals surface area contributed by atoms with Crippen LogP contribution in [0.1, 0.15) is 65.9 Å². The van der Waals surface area contributed by atoms with Gasteiger partial charge in [-0.25, -0.2) is 9.78 Å². The molecule has 0 saturated carbocycles. The largest absolute Gasteiger partial charge is 0.456 e. The van der Waals surface area contributed by atoms with Crippen LogP contribution >= 0.6 is 0 Å². The average molecular weight is 612 g/mol. The molecule has 0 aliphatic heterocycles. The summed E-state index contributed by atoms with van der Waals surface area (Å²) in [6.07, 6.45) is 1.35. The number of carbonyl (C=O) groups excluding carboxylic acids is 1. The third-order valence-corrected chi connectivity index (χ3v) is 7.21. The molecule has 2 N–H and O–H groups in total. The Morgan fingerprint density at radius 3 is 2.29 bits per heavy atom. The molecule has 13 nitrogen and oxygen atoms in total. The third-order valence-electron chi connectivity index (χ3n) is 7.21. The third kappa shape index (κ3) is 7.21. The van der Waals surface area contributed by atoms with Crippen LogP contribution in [0.4, 0.5) is 0 Å². The van der Waals surface area contributed by atoms with Crippen LogP contribution in [0.15, 0.2) is 72.8 Å². The van der Waals surface area contributed by atoms with Gasteiger partial charge in [0.1, 0.15) is 30.3 Å². The Morgan fingerprint density at radius 1 is 1.00 bits per heavy atom. The molecule has 0 aliphatic carbocycles. The Balaban J connectivity index is 1.45. The minimum absolute atomic E-state index is 0.149. The van der Waals surface area contributed by atoms with Crippen molar-refractivity contribution in [3.8, 4) is 22.5 Å². The average Bonchev–Trinajstić information content (AvgIpc) is 3.69. The number of aromatic nitrogens is 6. The van der Waals surface area contributed by atoms with Gasteiger partial charge in [0.2, 0.25) is 5.82 Å². The van der Waals surface area contributed by atoms with E-state index in [1.807, 2.05) is 55.5 Å². The SMILES string of the molecule is CCCc1nc(C(C)(C)O)c(C(=O)OCc2ccccc2CO[N+](=O)[O-])n1Cc1ccc(-c2ccccc2-c2nn[nH]n2)cc1. The fraction of sp³-hybridized carbons (Fsp3) is 0.281. The number of imidazole rings is 1. The molecule has 2 heterocycles. The zero-order valence-electron chi connectivity index (χ0n) is 25.1. The van der Waals surface area contributed by atoms with E-state index >= 15 is 0 Å². The Hall–Kier alpha value is -5.43. The Bertz CT molecular complexity index is 1780. The van der Waals surface area contributed by atoms with Crippen LogP contribution in [0.25, 0.3) is 22.5 Å². The van der Waals surface area contributed by atoms with Crippen molar-refractivity contribution < 1.29 is 24.6 Å². The fourth-order valence-corrected chi connectivity index (χ4v) is 5.07. The zero-order chi connectivity index (χ0) is 32.0. The van der Waals surface area contributed by atoms with Crippen molar-refractivity contribution in [2.24, 2.45) is 0 Å². The maximum absolute atomic E-state index is 13.7. The first-order chi connectivity index (χ1) is 21.7. The van der Waals surface area contributed by atoms with E-state index in [0.717, 1.165) is 28.7 Å². The molecular weight excluding hydrogens is 578 g/mol. The lowest BCUT2D eigenvalue weighted by Crippen LogP contribution is -2.23. The first-order valence-corrected chi connectivity index (χ1v) is 14.4. The zero-order valence-corrected chi connectivity index (χ0v) is 25.1. The number of H-pyrrole nitrogens is 1. The summed E-state index contributed by atoms with van der Waals surface area (Å²) in [6, 6.07) is 22.5. The molecule has 5 rings (SSSR count). The van der Waals surface area contributed by atoms with Gasteiger partial charge in [0.05, 0.1) is 0 Å². The fourth-order valence-electron chi connectivity index (χ4n) is 5.07. The van der Waals surface area contributed by atoms with E-state index in [-0.39, 0.29) is 24.6 Å². The number of tetrazole rings is 1. The first kappa shape index (κ1) is 31.0. The summed E-state index contributed by atoms with van der Waals surface area (Å²) in [5.74, 6) is 0.470. The Labute approximate surface area is 259 Å². The van der Waals surface area contributed by atoms with Crippen molar-refractivity contribution in [2.75, 3.05) is 0 Å². The molecule has 0 atom stereocenters. The standard InChI is InChI=1S/C32H33N7O6/c1-4-9-27-33-29(32(2,3)41)28(31(40)44-19-23-10-5-6-11-24(23)20-45-39(42)43)38(27)18-21-14-16-22(17-15-21)25-12-7-8-13-26(25)30-34-36-37-35-30/h5-8,10-17,41H,4,9,18-20H2,1-3H3,(H,34,35,36,37). The van der Waals surface area contributed by atoms with Crippen molar-refractivity contribution in [2.45, 2.75) is 59.0 Å². The van der Waals surface area contributed by atoms with E-state index in [1.165, 1.54) is 0 Å². The molecule has 0 spiro atoms. The van der Waals surface area contributed by atoms with Crippen molar-refractivity contribution in [1.29, 1.82) is 0 Å². The summed E-state index contributed by atoms with van der Waals surface area (Å²) >= 11 is 0. The molecule has 2 aromatic heterocycles. The monoisotopic (exact) mass is 611 g/mol. The van der Waals surface area contributed by atoms with Gasteiger partial charge in [-0.05, 0) is 53.3 Å². The summed E-state index contributed by atoms with van der Waals surface area (Å²) in [6.45, 7) is 5.05. The highest BCUT2D eigenvalue weighted by molar-refractivity contribution is 5.89. The number of rotatable bonds is 13. The molecular formula is C32H33N7O6. The first-order valence-electron chi connectivity index (χ1n) is 14.4. The number of nitrogens with zero attached hydrogens (tertiary/aromatic N) is 6. The van der Waals surface area contributed by atoms with Gasteiger partial charge in [0.15, 0.2) is 5.69 Å². The lowest BCUT2D eigenvalue weighted by Gasteiger charge is -2.18. The maximum Gasteiger partial charge on any atom is 0.357 e. The smallest absolute Gasteiger partial charge is 0.357 e. The number of nitrogens with one attached hydrogen (secondary N) is 1. The predicted molar refractivity (Wildman–Crippen MR) is 163 cm³/mol. The lowest BCUT2D eigenvalue weighted by atomic mass is 9.98. The quantitative estimate of drug-likeness (QED) is 0.105. The summed E-state index contributed by atoms with van der Waals surface area (Å²) in [5, 5.41) is 35.3. The van der Waals surface area contributed by atoms with Crippen molar-refractivity contribution in [3.63, 3.8) is 0 Å². The van der Waals surface area contributed by atoms with Gasteiger partial charge in [0, 0.05) is 18.5 Å². The summed E-state index contributed by atoms with van der Waals surface area (Å²) in [5.41, 5.74) is 3.66. The van der Waals surface area contributed by atoms with Gasteiger partial charge in [0.25, 0.3) is 5.09 Å². The molecule has 0 bridgehead atoms. The minimum atomic E-state index is -1.43. The number of aliphatic hydroxyl groups is 1.